The van der Waals surface area contributed by atoms with E-state index in [2.05, 4.69) is 5.10 Å². The van der Waals surface area contributed by atoms with Crippen LogP contribution in [-0.2, 0) is 27.9 Å². The van der Waals surface area contributed by atoms with E-state index in [1.807, 2.05) is 0 Å². The highest BCUT2D eigenvalue weighted by Crippen LogP contribution is 2.50. The lowest BCUT2D eigenvalue weighted by molar-refractivity contribution is 0.103. The van der Waals surface area contributed by atoms with Crippen molar-refractivity contribution in [1.29, 1.82) is 0 Å². The molecule has 25 heavy (non-hydrogen) atoms. The summed E-state index contributed by atoms with van der Waals surface area (Å²) in [6.07, 6.45) is 1.39. The number of aromatic nitrogens is 2. The van der Waals surface area contributed by atoms with Crippen molar-refractivity contribution in [3.8, 4) is 5.88 Å². The molecule has 0 aliphatic rings. The Bertz CT molecular complexity index is 818. The zero-order chi connectivity index (χ0) is 18.6. The van der Waals surface area contributed by atoms with Gasteiger partial charge >= 0.3 is 6.72 Å². The van der Waals surface area contributed by atoms with Gasteiger partial charge in [-0.2, -0.15) is 5.10 Å². The van der Waals surface area contributed by atoms with Crippen molar-refractivity contribution in [2.75, 3.05) is 13.2 Å². The Balaban J connectivity index is 2.41. The number of hydrogen-bond acceptors (Lipinski definition) is 6. The van der Waals surface area contributed by atoms with Crippen molar-refractivity contribution in [3.05, 3.63) is 45.6 Å². The fourth-order valence-electron chi connectivity index (χ4n) is 2.02. The van der Waals surface area contributed by atoms with E-state index in [1.54, 1.807) is 33.0 Å². The molecule has 0 atom stereocenters. The Morgan fingerprint density at radius 3 is 2.44 bits per heavy atom. The SMILES string of the molecule is CCOP(=S)(OCC)Oc1c(C(=O)c2ccc(Cl)cc2Cl)cnn1C. The van der Waals surface area contributed by atoms with Crippen LogP contribution in [0.25, 0.3) is 0 Å². The summed E-state index contributed by atoms with van der Waals surface area (Å²) >= 11 is 17.4. The first-order valence-corrected chi connectivity index (χ1v) is 10.7. The fourth-order valence-corrected chi connectivity index (χ4v) is 4.60. The van der Waals surface area contributed by atoms with Gasteiger partial charge in [0.1, 0.15) is 5.56 Å². The van der Waals surface area contributed by atoms with E-state index in [1.165, 1.54) is 16.9 Å². The molecular weight excluding hydrogens is 406 g/mol. The molecule has 0 aliphatic carbocycles. The molecule has 0 aliphatic heterocycles. The first-order chi connectivity index (χ1) is 11.8. The average Bonchev–Trinajstić information content (AvgIpc) is 2.88. The minimum absolute atomic E-state index is 0.168. The Morgan fingerprint density at radius 1 is 1.24 bits per heavy atom. The van der Waals surface area contributed by atoms with Crippen LogP contribution in [0, 0.1) is 0 Å². The van der Waals surface area contributed by atoms with Crippen molar-refractivity contribution in [1.82, 2.24) is 9.78 Å². The van der Waals surface area contributed by atoms with Gasteiger partial charge in [0.25, 0.3) is 0 Å². The fraction of sp³-hybridized carbons (Fsp3) is 0.333. The van der Waals surface area contributed by atoms with Gasteiger partial charge < -0.3 is 4.52 Å². The van der Waals surface area contributed by atoms with Crippen LogP contribution in [0.15, 0.2) is 24.4 Å². The Labute approximate surface area is 161 Å². The maximum absolute atomic E-state index is 12.9. The summed E-state index contributed by atoms with van der Waals surface area (Å²) in [5.74, 6) is -0.194. The van der Waals surface area contributed by atoms with E-state index in [0.29, 0.717) is 18.2 Å². The third-order valence-electron chi connectivity index (χ3n) is 3.08. The predicted octanol–water partition coefficient (Wildman–Crippen LogP) is 4.63. The van der Waals surface area contributed by atoms with Crippen molar-refractivity contribution >= 4 is 47.5 Å². The molecule has 0 radical (unpaired) electrons. The number of halogens is 2. The van der Waals surface area contributed by atoms with Gasteiger partial charge in [-0.1, -0.05) is 23.2 Å². The maximum Gasteiger partial charge on any atom is 0.381 e. The number of carbonyl (C=O) groups excluding carboxylic acids is 1. The van der Waals surface area contributed by atoms with Crippen LogP contribution in [0.2, 0.25) is 10.0 Å². The van der Waals surface area contributed by atoms with Crippen LogP contribution < -0.4 is 4.52 Å². The first kappa shape index (κ1) is 20.4. The molecule has 0 unspecified atom stereocenters. The molecule has 0 spiro atoms. The van der Waals surface area contributed by atoms with Gasteiger partial charge in [0.2, 0.25) is 11.7 Å². The van der Waals surface area contributed by atoms with E-state index in [4.69, 9.17) is 48.6 Å². The quantitative estimate of drug-likeness (QED) is 0.456. The number of benzene rings is 1. The van der Waals surface area contributed by atoms with Crippen LogP contribution in [0.4, 0.5) is 0 Å². The molecule has 6 nitrogen and oxygen atoms in total. The molecule has 2 rings (SSSR count). The van der Waals surface area contributed by atoms with Crippen LogP contribution in [0.1, 0.15) is 29.8 Å². The summed E-state index contributed by atoms with van der Waals surface area (Å²) < 4.78 is 18.1. The molecule has 0 saturated carbocycles. The van der Waals surface area contributed by atoms with Gasteiger partial charge in [0, 0.05) is 29.4 Å². The second kappa shape index (κ2) is 8.62. The molecule has 0 fully saturated rings. The summed E-state index contributed by atoms with van der Waals surface area (Å²) in [5.41, 5.74) is 0.491. The van der Waals surface area contributed by atoms with Gasteiger partial charge in [-0.3, -0.25) is 13.8 Å². The molecular formula is C15H17Cl2N2O4PS. The summed E-state index contributed by atoms with van der Waals surface area (Å²) in [6, 6.07) is 4.63. The van der Waals surface area contributed by atoms with Crippen LogP contribution in [-0.4, -0.2) is 28.8 Å². The van der Waals surface area contributed by atoms with E-state index < -0.39 is 6.72 Å². The molecule has 1 heterocycles. The summed E-state index contributed by atoms with van der Waals surface area (Å²) in [4.78, 5) is 12.9. The molecule has 10 heteroatoms. The summed E-state index contributed by atoms with van der Waals surface area (Å²) in [7, 11) is 1.63. The number of carbonyl (C=O) groups is 1. The number of ketones is 1. The number of nitrogens with zero attached hydrogens (tertiary/aromatic N) is 2. The van der Waals surface area contributed by atoms with Gasteiger partial charge in [-0.15, -0.1) is 0 Å². The largest absolute Gasteiger partial charge is 0.405 e. The molecule has 0 bridgehead atoms. The molecule has 0 saturated heterocycles. The van der Waals surface area contributed by atoms with E-state index >= 15 is 0 Å². The third kappa shape index (κ3) is 4.82. The Morgan fingerprint density at radius 2 is 1.88 bits per heavy atom. The van der Waals surface area contributed by atoms with Crippen LogP contribution in [0.5, 0.6) is 5.88 Å². The smallest absolute Gasteiger partial charge is 0.381 e. The zero-order valence-corrected chi connectivity index (χ0v) is 17.1. The van der Waals surface area contributed by atoms with Gasteiger partial charge in [0.05, 0.1) is 24.4 Å². The lowest BCUT2D eigenvalue weighted by Gasteiger charge is -2.21. The van der Waals surface area contributed by atoms with E-state index in [9.17, 15) is 4.79 Å². The van der Waals surface area contributed by atoms with Crippen molar-refractivity contribution in [2.45, 2.75) is 13.8 Å². The summed E-state index contributed by atoms with van der Waals surface area (Å²) in [6.45, 7) is 1.16. The van der Waals surface area contributed by atoms with Crippen LogP contribution in [0.3, 0.4) is 0 Å². The molecule has 0 amide bonds. The number of aryl methyl sites for hydroxylation is 1. The Hall–Kier alpha value is -0.950. The molecule has 1 aromatic carbocycles. The third-order valence-corrected chi connectivity index (χ3v) is 6.03. The van der Waals surface area contributed by atoms with Crippen molar-refractivity contribution in [3.63, 3.8) is 0 Å². The van der Waals surface area contributed by atoms with E-state index in [-0.39, 0.29) is 27.8 Å². The monoisotopic (exact) mass is 422 g/mol. The maximum atomic E-state index is 12.9. The number of hydrogen-bond donors (Lipinski definition) is 0. The standard InChI is InChI=1S/C15H17Cl2N2O4PS/c1-4-21-24(25,22-5-2)23-15-12(9-18-19(15)3)14(20)11-7-6-10(16)8-13(11)17/h6-9H,4-5H2,1-3H3. The molecule has 136 valence electrons. The van der Waals surface area contributed by atoms with Gasteiger partial charge in [-0.05, 0) is 32.0 Å². The topological polar surface area (TPSA) is 62.6 Å². The predicted molar refractivity (Wildman–Crippen MR) is 101 cm³/mol. The second-order valence-electron chi connectivity index (χ2n) is 4.81. The van der Waals surface area contributed by atoms with E-state index in [0.717, 1.165) is 0 Å². The second-order valence-corrected chi connectivity index (χ2v) is 8.59. The lowest BCUT2D eigenvalue weighted by Crippen LogP contribution is -2.09. The normalized spacial score (nSPS) is 11.6. The molecule has 2 aromatic rings. The lowest BCUT2D eigenvalue weighted by atomic mass is 10.1. The highest BCUT2D eigenvalue weighted by atomic mass is 35.5. The molecule has 1 aromatic heterocycles. The van der Waals surface area contributed by atoms with Crippen LogP contribution >= 0.6 is 29.9 Å². The highest BCUT2D eigenvalue weighted by Gasteiger charge is 2.28. The number of rotatable bonds is 8. The minimum atomic E-state index is -3.05. The first-order valence-electron chi connectivity index (χ1n) is 7.41. The summed E-state index contributed by atoms with van der Waals surface area (Å²) in [5, 5.41) is 4.75. The van der Waals surface area contributed by atoms with Gasteiger partial charge in [0.15, 0.2) is 0 Å². The van der Waals surface area contributed by atoms with Crippen molar-refractivity contribution in [2.24, 2.45) is 7.05 Å². The Kier molecular flexibility index (Phi) is 7.02. The van der Waals surface area contributed by atoms with Crippen molar-refractivity contribution < 1.29 is 18.4 Å². The molecule has 0 N–H and O–H groups in total. The van der Waals surface area contributed by atoms with Gasteiger partial charge in [-0.25, -0.2) is 4.68 Å². The average molecular weight is 423 g/mol. The highest BCUT2D eigenvalue weighted by molar-refractivity contribution is 8.07. The zero-order valence-electron chi connectivity index (χ0n) is 13.9. The minimum Gasteiger partial charge on any atom is -0.405 e.